The van der Waals surface area contributed by atoms with Crippen LogP contribution in [-0.2, 0) is 6.42 Å². The van der Waals surface area contributed by atoms with Crippen molar-refractivity contribution in [2.75, 3.05) is 7.05 Å². The van der Waals surface area contributed by atoms with Gasteiger partial charge in [0.2, 0.25) is 0 Å². The third kappa shape index (κ3) is 3.82. The van der Waals surface area contributed by atoms with Gasteiger partial charge in [-0.3, -0.25) is 0 Å². The van der Waals surface area contributed by atoms with Crippen LogP contribution < -0.4 is 5.32 Å². The summed E-state index contributed by atoms with van der Waals surface area (Å²) in [4.78, 5) is 1.53. The molecule has 1 N–H and O–H groups in total. The summed E-state index contributed by atoms with van der Waals surface area (Å²) in [5, 5.41) is 5.74. The van der Waals surface area contributed by atoms with E-state index in [-0.39, 0.29) is 0 Å². The molecule has 3 heteroatoms. The highest BCUT2D eigenvalue weighted by Gasteiger charge is 2.29. The third-order valence-electron chi connectivity index (χ3n) is 4.24. The minimum atomic E-state index is 0.721. The van der Waals surface area contributed by atoms with Gasteiger partial charge in [-0.05, 0) is 66.6 Å². The van der Waals surface area contributed by atoms with E-state index >= 15 is 0 Å². The number of hydrogen-bond acceptors (Lipinski definition) is 2. The average molecular weight is 330 g/mol. The van der Waals surface area contributed by atoms with Gasteiger partial charge in [0.25, 0.3) is 0 Å². The molecule has 1 saturated carbocycles. The maximum atomic E-state index is 3.56. The first kappa shape index (κ1) is 14.5. The normalized spacial score (nSPS) is 28.5. The summed E-state index contributed by atoms with van der Waals surface area (Å²) in [6.07, 6.45) is 8.20. The zero-order chi connectivity index (χ0) is 13.0. The largest absolute Gasteiger partial charge is 0.317 e. The van der Waals surface area contributed by atoms with E-state index in [0.717, 1.165) is 17.9 Å². The molecule has 0 saturated heterocycles. The summed E-state index contributed by atoms with van der Waals surface area (Å²) in [7, 11) is 2.13. The molecule has 0 spiro atoms. The van der Waals surface area contributed by atoms with E-state index in [1.807, 2.05) is 11.3 Å². The second-order valence-corrected chi connectivity index (χ2v) is 7.47. The fourth-order valence-electron chi connectivity index (χ4n) is 3.36. The number of halogens is 1. The lowest BCUT2D eigenvalue weighted by Gasteiger charge is -2.36. The van der Waals surface area contributed by atoms with Crippen LogP contribution in [-0.4, -0.2) is 13.1 Å². The Morgan fingerprint density at radius 1 is 1.44 bits per heavy atom. The summed E-state index contributed by atoms with van der Waals surface area (Å²) >= 11 is 5.46. The van der Waals surface area contributed by atoms with Crippen LogP contribution >= 0.6 is 27.3 Å². The van der Waals surface area contributed by atoms with Gasteiger partial charge in [0, 0.05) is 20.8 Å². The Morgan fingerprint density at radius 2 is 2.28 bits per heavy atom. The molecule has 0 radical (unpaired) electrons. The first-order valence-electron chi connectivity index (χ1n) is 7.13. The molecular weight excluding hydrogens is 306 g/mol. The van der Waals surface area contributed by atoms with Gasteiger partial charge in [0.05, 0.1) is 0 Å². The van der Waals surface area contributed by atoms with Crippen LogP contribution in [0.2, 0.25) is 0 Å². The van der Waals surface area contributed by atoms with Crippen LogP contribution in [0.1, 0.15) is 43.9 Å². The van der Waals surface area contributed by atoms with Crippen LogP contribution in [0.15, 0.2) is 15.9 Å². The molecule has 18 heavy (non-hydrogen) atoms. The van der Waals surface area contributed by atoms with Crippen molar-refractivity contribution in [1.29, 1.82) is 0 Å². The maximum absolute atomic E-state index is 3.56. The molecule has 3 unspecified atom stereocenters. The first-order chi connectivity index (χ1) is 8.72. The second kappa shape index (κ2) is 7.06. The highest BCUT2D eigenvalue weighted by Crippen LogP contribution is 2.35. The minimum Gasteiger partial charge on any atom is -0.317 e. The molecule has 102 valence electrons. The van der Waals surface area contributed by atoms with Gasteiger partial charge < -0.3 is 5.32 Å². The van der Waals surface area contributed by atoms with Gasteiger partial charge in [-0.2, -0.15) is 0 Å². The molecule has 1 nitrogen and oxygen atoms in total. The van der Waals surface area contributed by atoms with Gasteiger partial charge in [-0.1, -0.05) is 19.8 Å². The summed E-state index contributed by atoms with van der Waals surface area (Å²) in [5.74, 6) is 1.79. The number of rotatable bonds is 5. The lowest BCUT2D eigenvalue weighted by atomic mass is 9.75. The zero-order valence-electron chi connectivity index (χ0n) is 11.4. The number of hydrogen-bond donors (Lipinski definition) is 1. The van der Waals surface area contributed by atoms with Crippen molar-refractivity contribution < 1.29 is 0 Å². The van der Waals surface area contributed by atoms with E-state index in [0.29, 0.717) is 0 Å². The van der Waals surface area contributed by atoms with Crippen LogP contribution in [0, 0.1) is 11.8 Å². The van der Waals surface area contributed by atoms with Crippen LogP contribution in [0.25, 0.3) is 0 Å². The predicted molar refractivity (Wildman–Crippen MR) is 84.3 cm³/mol. The molecule has 0 bridgehead atoms. The molecule has 2 rings (SSSR count). The standard InChI is InChI=1S/C15H24BrNS/c1-3-4-11-5-6-15(17-2)12(7-11)8-14-9-13(16)10-18-14/h9-12,15,17H,3-8H2,1-2H3. The zero-order valence-corrected chi connectivity index (χ0v) is 13.8. The molecular formula is C15H24BrNS. The first-order valence-corrected chi connectivity index (χ1v) is 8.80. The smallest absolute Gasteiger partial charge is 0.0285 e. The molecule has 1 aliphatic carbocycles. The van der Waals surface area contributed by atoms with Crippen molar-refractivity contribution in [3.63, 3.8) is 0 Å². The van der Waals surface area contributed by atoms with Crippen LogP contribution in [0.4, 0.5) is 0 Å². The number of nitrogens with one attached hydrogen (secondary N) is 1. The molecule has 1 aromatic heterocycles. The van der Waals surface area contributed by atoms with Gasteiger partial charge in [0.15, 0.2) is 0 Å². The molecule has 3 atom stereocenters. The van der Waals surface area contributed by atoms with Gasteiger partial charge in [-0.25, -0.2) is 0 Å². The molecule has 1 aliphatic rings. The van der Waals surface area contributed by atoms with E-state index in [2.05, 4.69) is 46.7 Å². The van der Waals surface area contributed by atoms with Crippen molar-refractivity contribution >= 4 is 27.3 Å². The van der Waals surface area contributed by atoms with Gasteiger partial charge in [-0.15, -0.1) is 11.3 Å². The van der Waals surface area contributed by atoms with Crippen LogP contribution in [0.5, 0.6) is 0 Å². The lowest BCUT2D eigenvalue weighted by molar-refractivity contribution is 0.201. The fraction of sp³-hybridized carbons (Fsp3) is 0.733. The van der Waals surface area contributed by atoms with E-state index in [1.165, 1.54) is 47.9 Å². The second-order valence-electron chi connectivity index (χ2n) is 5.56. The molecule has 0 aliphatic heterocycles. The Morgan fingerprint density at radius 3 is 2.89 bits per heavy atom. The van der Waals surface area contributed by atoms with E-state index in [4.69, 9.17) is 0 Å². The Bertz CT molecular complexity index is 363. The Hall–Kier alpha value is 0.140. The van der Waals surface area contributed by atoms with Crippen molar-refractivity contribution in [2.24, 2.45) is 11.8 Å². The van der Waals surface area contributed by atoms with E-state index in [1.54, 1.807) is 0 Å². The Labute approximate surface area is 123 Å². The summed E-state index contributed by atoms with van der Waals surface area (Å²) < 4.78 is 1.24. The molecule has 1 heterocycles. The molecule has 1 aromatic rings. The highest BCUT2D eigenvalue weighted by atomic mass is 79.9. The van der Waals surface area contributed by atoms with Gasteiger partial charge >= 0.3 is 0 Å². The predicted octanol–water partition coefficient (Wildman–Crippen LogP) is 4.86. The minimum absolute atomic E-state index is 0.721. The summed E-state index contributed by atoms with van der Waals surface area (Å²) in [6.45, 7) is 2.32. The Kier molecular flexibility index (Phi) is 5.71. The molecule has 1 fully saturated rings. The van der Waals surface area contributed by atoms with Crippen molar-refractivity contribution in [3.05, 3.63) is 20.8 Å². The lowest BCUT2D eigenvalue weighted by Crippen LogP contribution is -2.39. The summed E-state index contributed by atoms with van der Waals surface area (Å²) in [5.41, 5.74) is 0. The van der Waals surface area contributed by atoms with Crippen molar-refractivity contribution in [2.45, 2.75) is 51.5 Å². The Balaban J connectivity index is 1.97. The average Bonchev–Trinajstić information content (AvgIpc) is 2.76. The fourth-order valence-corrected chi connectivity index (χ4v) is 4.90. The van der Waals surface area contributed by atoms with Crippen molar-refractivity contribution in [3.8, 4) is 0 Å². The summed E-state index contributed by atoms with van der Waals surface area (Å²) in [6, 6.07) is 3.01. The molecule has 0 amide bonds. The highest BCUT2D eigenvalue weighted by molar-refractivity contribution is 9.10. The van der Waals surface area contributed by atoms with Crippen molar-refractivity contribution in [1.82, 2.24) is 5.32 Å². The van der Waals surface area contributed by atoms with E-state index in [9.17, 15) is 0 Å². The number of thiophene rings is 1. The SMILES string of the molecule is CCCC1CCC(NC)C(Cc2cc(Br)cs2)C1. The molecule has 0 aromatic carbocycles. The van der Waals surface area contributed by atoms with E-state index < -0.39 is 0 Å². The van der Waals surface area contributed by atoms with Crippen LogP contribution in [0.3, 0.4) is 0 Å². The quantitative estimate of drug-likeness (QED) is 0.813. The monoisotopic (exact) mass is 329 g/mol. The van der Waals surface area contributed by atoms with Gasteiger partial charge in [0.1, 0.15) is 0 Å². The third-order valence-corrected chi connectivity index (χ3v) is 5.96. The topological polar surface area (TPSA) is 12.0 Å². The maximum Gasteiger partial charge on any atom is 0.0285 e.